The second-order valence-corrected chi connectivity index (χ2v) is 7.77. The van der Waals surface area contributed by atoms with E-state index in [1.807, 2.05) is 0 Å². The molecule has 138 valence electrons. The van der Waals surface area contributed by atoms with E-state index in [9.17, 15) is 24.5 Å². The van der Waals surface area contributed by atoms with Gasteiger partial charge in [0.25, 0.3) is 5.69 Å². The van der Waals surface area contributed by atoms with Gasteiger partial charge < -0.3 is 5.32 Å². The molecule has 1 aliphatic heterocycles. The molecule has 0 spiro atoms. The zero-order chi connectivity index (χ0) is 18.9. The van der Waals surface area contributed by atoms with Gasteiger partial charge in [0.15, 0.2) is 0 Å². The molecule has 2 saturated carbocycles. The molecule has 2 bridgehead atoms. The smallest absolute Gasteiger partial charge is 0.271 e. The van der Waals surface area contributed by atoms with Crippen molar-refractivity contribution in [3.8, 4) is 0 Å². The Morgan fingerprint density at radius 1 is 1.15 bits per heavy atom. The van der Waals surface area contributed by atoms with Crippen LogP contribution < -0.4 is 5.32 Å². The number of rotatable bonds is 4. The zero-order valence-corrected chi connectivity index (χ0v) is 14.3. The molecule has 4 aliphatic carbocycles. The summed E-state index contributed by atoms with van der Waals surface area (Å²) in [6, 6.07) is 5.55. The lowest BCUT2D eigenvalue weighted by Gasteiger charge is -2.37. The molecule has 3 fully saturated rings. The number of nitrogens with zero attached hydrogens (tertiary/aromatic N) is 2. The quantitative estimate of drug-likeness (QED) is 0.376. The van der Waals surface area contributed by atoms with Crippen LogP contribution in [0.2, 0.25) is 0 Å². The molecule has 5 aliphatic rings. The summed E-state index contributed by atoms with van der Waals surface area (Å²) < 4.78 is 0. The third kappa shape index (κ3) is 2.32. The summed E-state index contributed by atoms with van der Waals surface area (Å²) in [6.07, 6.45) is 5.25. The first-order valence-corrected chi connectivity index (χ1v) is 9.03. The molecule has 0 radical (unpaired) electrons. The van der Waals surface area contributed by atoms with Crippen molar-refractivity contribution < 1.29 is 19.3 Å². The molecule has 8 nitrogen and oxygen atoms in total. The van der Waals surface area contributed by atoms with Gasteiger partial charge in [-0.25, -0.2) is 0 Å². The number of benzene rings is 1. The van der Waals surface area contributed by atoms with E-state index in [2.05, 4.69) is 17.5 Å². The molecule has 0 unspecified atom stereocenters. The minimum Gasteiger partial charge on any atom is -0.324 e. The predicted molar refractivity (Wildman–Crippen MR) is 93.1 cm³/mol. The van der Waals surface area contributed by atoms with Gasteiger partial charge in [-0.3, -0.25) is 29.4 Å². The molecule has 1 aromatic carbocycles. The lowest BCUT2D eigenvalue weighted by atomic mass is 9.63. The molecular formula is C19H17N3O5. The van der Waals surface area contributed by atoms with Crippen LogP contribution in [0.5, 0.6) is 0 Å². The van der Waals surface area contributed by atoms with E-state index in [0.717, 1.165) is 11.3 Å². The number of nitrogens with one attached hydrogen (secondary N) is 1. The summed E-state index contributed by atoms with van der Waals surface area (Å²) in [5.41, 5.74) is 0.114. The Morgan fingerprint density at radius 2 is 1.78 bits per heavy atom. The van der Waals surface area contributed by atoms with Gasteiger partial charge in [-0.05, 0) is 36.2 Å². The van der Waals surface area contributed by atoms with E-state index in [-0.39, 0.29) is 53.4 Å². The van der Waals surface area contributed by atoms with Crippen LogP contribution >= 0.6 is 0 Å². The van der Waals surface area contributed by atoms with Crippen LogP contribution in [-0.4, -0.2) is 34.1 Å². The maximum atomic E-state index is 12.8. The highest BCUT2D eigenvalue weighted by atomic mass is 16.6. The van der Waals surface area contributed by atoms with E-state index in [1.165, 1.54) is 24.3 Å². The number of non-ortho nitro benzene ring substituents is 1. The number of hydrogen-bond acceptors (Lipinski definition) is 5. The van der Waals surface area contributed by atoms with Crippen LogP contribution in [0.1, 0.15) is 6.42 Å². The first-order valence-electron chi connectivity index (χ1n) is 9.03. The van der Waals surface area contributed by atoms with E-state index in [0.29, 0.717) is 11.8 Å². The number of carbonyl (C=O) groups excluding carboxylic acids is 3. The van der Waals surface area contributed by atoms with E-state index < -0.39 is 10.8 Å². The number of nitro groups is 1. The fourth-order valence-corrected chi connectivity index (χ4v) is 5.22. The standard InChI is InChI=1S/C19H17N3O5/c23-15(20-9-2-1-3-10(6-9)22(26)27)8-21-18(24)16-11-4-5-12(14-7-13(11)14)17(16)19(21)25/h1-6,11-14,16-17H,7-8H2,(H,20,23)/t11-,12+,13-,14-,16+,17-/m1/s1. The maximum absolute atomic E-state index is 12.8. The monoisotopic (exact) mass is 367 g/mol. The molecule has 1 saturated heterocycles. The van der Waals surface area contributed by atoms with Crippen molar-refractivity contribution in [2.24, 2.45) is 35.5 Å². The van der Waals surface area contributed by atoms with Crippen molar-refractivity contribution in [2.45, 2.75) is 6.42 Å². The number of carbonyl (C=O) groups is 3. The second kappa shape index (κ2) is 5.48. The average Bonchev–Trinajstić information content (AvgIpc) is 3.43. The summed E-state index contributed by atoms with van der Waals surface area (Å²) in [5.74, 6) is -0.469. The van der Waals surface area contributed by atoms with Gasteiger partial charge in [-0.15, -0.1) is 0 Å². The van der Waals surface area contributed by atoms with E-state index in [1.54, 1.807) is 0 Å². The van der Waals surface area contributed by atoms with Crippen molar-refractivity contribution in [3.63, 3.8) is 0 Å². The Morgan fingerprint density at radius 3 is 2.37 bits per heavy atom. The van der Waals surface area contributed by atoms with Crippen LogP contribution in [0, 0.1) is 45.6 Å². The molecule has 1 aromatic rings. The first-order chi connectivity index (χ1) is 13.0. The number of amides is 3. The predicted octanol–water partition coefficient (Wildman–Crippen LogP) is 1.59. The van der Waals surface area contributed by atoms with Gasteiger partial charge in [0.05, 0.1) is 16.8 Å². The van der Waals surface area contributed by atoms with Crippen molar-refractivity contribution >= 4 is 29.1 Å². The average molecular weight is 367 g/mol. The van der Waals surface area contributed by atoms with E-state index in [4.69, 9.17) is 0 Å². The maximum Gasteiger partial charge on any atom is 0.271 e. The summed E-state index contributed by atoms with van der Waals surface area (Å²) in [7, 11) is 0. The van der Waals surface area contributed by atoms with Crippen LogP contribution in [0.3, 0.4) is 0 Å². The van der Waals surface area contributed by atoms with Crippen LogP contribution in [0.15, 0.2) is 36.4 Å². The Kier molecular flexibility index (Phi) is 3.28. The lowest BCUT2D eigenvalue weighted by molar-refractivity contribution is -0.384. The Hall–Kier alpha value is -3.03. The number of anilines is 1. The third-order valence-electron chi connectivity index (χ3n) is 6.40. The van der Waals surface area contributed by atoms with Gasteiger partial charge in [-0.1, -0.05) is 18.2 Å². The largest absolute Gasteiger partial charge is 0.324 e. The lowest BCUT2D eigenvalue weighted by Crippen LogP contribution is -2.40. The van der Waals surface area contributed by atoms with Gasteiger partial charge in [-0.2, -0.15) is 0 Å². The van der Waals surface area contributed by atoms with Gasteiger partial charge in [0.2, 0.25) is 17.7 Å². The molecule has 27 heavy (non-hydrogen) atoms. The van der Waals surface area contributed by atoms with Gasteiger partial charge in [0.1, 0.15) is 6.54 Å². The summed E-state index contributed by atoms with van der Waals surface area (Å²) in [6.45, 7) is -0.359. The van der Waals surface area contributed by atoms with Gasteiger partial charge in [0, 0.05) is 17.8 Å². The molecule has 3 amide bonds. The molecular weight excluding hydrogens is 350 g/mol. The molecule has 6 rings (SSSR count). The number of nitro benzene ring substituents is 1. The zero-order valence-electron chi connectivity index (χ0n) is 14.3. The number of hydrogen-bond donors (Lipinski definition) is 1. The molecule has 1 N–H and O–H groups in total. The highest BCUT2D eigenvalue weighted by Crippen LogP contribution is 2.65. The number of likely N-dealkylation sites (tertiary alicyclic amines) is 1. The normalized spacial score (nSPS) is 35.0. The molecule has 0 aromatic heterocycles. The minimum absolute atomic E-state index is 0.117. The minimum atomic E-state index is -0.554. The Balaban J connectivity index is 1.31. The highest BCUT2D eigenvalue weighted by molar-refractivity contribution is 6.09. The van der Waals surface area contributed by atoms with Crippen molar-refractivity contribution in [3.05, 3.63) is 46.5 Å². The van der Waals surface area contributed by atoms with E-state index >= 15 is 0 Å². The first kappa shape index (κ1) is 16.2. The van der Waals surface area contributed by atoms with Crippen LogP contribution in [0.4, 0.5) is 11.4 Å². The summed E-state index contributed by atoms with van der Waals surface area (Å²) >= 11 is 0. The topological polar surface area (TPSA) is 110 Å². The number of imide groups is 1. The fraction of sp³-hybridized carbons (Fsp3) is 0.421. The van der Waals surface area contributed by atoms with Crippen molar-refractivity contribution in [2.75, 3.05) is 11.9 Å². The molecule has 8 heteroatoms. The van der Waals surface area contributed by atoms with Crippen molar-refractivity contribution in [1.29, 1.82) is 0 Å². The molecule has 6 atom stereocenters. The highest BCUT2D eigenvalue weighted by Gasteiger charge is 2.67. The Bertz CT molecular complexity index is 890. The van der Waals surface area contributed by atoms with Crippen LogP contribution in [0.25, 0.3) is 0 Å². The Labute approximate surface area is 154 Å². The second-order valence-electron chi connectivity index (χ2n) is 7.77. The molecule has 1 heterocycles. The van der Waals surface area contributed by atoms with Gasteiger partial charge >= 0.3 is 0 Å². The number of allylic oxidation sites excluding steroid dienone is 2. The fourth-order valence-electron chi connectivity index (χ4n) is 5.22. The SMILES string of the molecule is O=C(CN1C(=O)[C@@H]2[C@H]3C=C[C@H]([C@H]4C[C@H]34)[C@@H]2C1=O)Nc1cccc([N+](=O)[O-])c1. The van der Waals surface area contributed by atoms with Crippen molar-refractivity contribution in [1.82, 2.24) is 4.90 Å². The summed E-state index contributed by atoms with van der Waals surface area (Å²) in [4.78, 5) is 49.4. The summed E-state index contributed by atoms with van der Waals surface area (Å²) in [5, 5.41) is 13.4. The third-order valence-corrected chi connectivity index (χ3v) is 6.40. The van der Waals surface area contributed by atoms with Crippen LogP contribution in [-0.2, 0) is 14.4 Å².